The minimum absolute atomic E-state index is 0.0600. The molecule has 1 heterocycles. The Morgan fingerprint density at radius 2 is 2.13 bits per heavy atom. The number of amides is 1. The fourth-order valence-corrected chi connectivity index (χ4v) is 2.50. The van der Waals surface area contributed by atoms with Gasteiger partial charge in [-0.05, 0) is 40.2 Å². The zero-order chi connectivity index (χ0) is 17.2. The van der Waals surface area contributed by atoms with Crippen molar-refractivity contribution in [3.05, 3.63) is 33.9 Å². The van der Waals surface area contributed by atoms with Crippen LogP contribution in [0.2, 0.25) is 0 Å². The van der Waals surface area contributed by atoms with Crippen molar-refractivity contribution in [1.82, 2.24) is 4.90 Å². The summed E-state index contributed by atoms with van der Waals surface area (Å²) < 4.78 is 5.36. The maximum atomic E-state index is 12.0. The molecular formula is C16H23N3O4. The third kappa shape index (κ3) is 4.58. The number of carbonyl (C=O) groups is 1. The number of benzene rings is 1. The maximum absolute atomic E-state index is 12.0. The van der Waals surface area contributed by atoms with Gasteiger partial charge in [-0.1, -0.05) is 6.07 Å². The molecule has 1 unspecified atom stereocenters. The van der Waals surface area contributed by atoms with E-state index >= 15 is 0 Å². The first kappa shape index (κ1) is 17.1. The summed E-state index contributed by atoms with van der Waals surface area (Å²) in [4.78, 5) is 24.3. The molecule has 126 valence electrons. The van der Waals surface area contributed by atoms with Crippen LogP contribution in [0.4, 0.5) is 16.2 Å². The molecule has 0 spiro atoms. The topological polar surface area (TPSA) is 84.7 Å². The number of rotatable bonds is 3. The Morgan fingerprint density at radius 1 is 1.43 bits per heavy atom. The van der Waals surface area contributed by atoms with Gasteiger partial charge in [-0.25, -0.2) is 4.79 Å². The molecule has 1 aliphatic heterocycles. The lowest BCUT2D eigenvalue weighted by Gasteiger charge is -2.24. The first-order valence-electron chi connectivity index (χ1n) is 7.65. The van der Waals surface area contributed by atoms with Gasteiger partial charge in [0.1, 0.15) is 5.60 Å². The quantitative estimate of drug-likeness (QED) is 0.682. The highest BCUT2D eigenvalue weighted by molar-refractivity contribution is 5.68. The van der Waals surface area contributed by atoms with E-state index in [4.69, 9.17) is 4.74 Å². The standard InChI is InChI=1S/C16H23N3O4/c1-11-5-6-12(9-14(11)19(21)22)17-13-7-8-18(10-13)15(20)23-16(2,3)4/h5-6,9,13,17H,7-8,10H2,1-4H3. The monoisotopic (exact) mass is 321 g/mol. The Hall–Kier alpha value is -2.31. The molecule has 1 aliphatic rings. The van der Waals surface area contributed by atoms with Gasteiger partial charge >= 0.3 is 6.09 Å². The van der Waals surface area contributed by atoms with E-state index in [2.05, 4.69) is 5.32 Å². The number of nitro benzene ring substituents is 1. The normalized spacial score (nSPS) is 17.9. The second kappa shape index (κ2) is 6.44. The van der Waals surface area contributed by atoms with E-state index in [0.717, 1.165) is 6.42 Å². The molecule has 2 rings (SSSR count). The first-order chi connectivity index (χ1) is 10.7. The number of nitrogens with zero attached hydrogens (tertiary/aromatic N) is 2. The summed E-state index contributed by atoms with van der Waals surface area (Å²) in [6, 6.07) is 5.13. The number of nitrogens with one attached hydrogen (secondary N) is 1. The predicted molar refractivity (Wildman–Crippen MR) is 87.7 cm³/mol. The van der Waals surface area contributed by atoms with Gasteiger partial charge in [0.05, 0.1) is 4.92 Å². The molecule has 0 bridgehead atoms. The predicted octanol–water partition coefficient (Wildman–Crippen LogP) is 3.32. The van der Waals surface area contributed by atoms with Crippen molar-refractivity contribution >= 4 is 17.5 Å². The van der Waals surface area contributed by atoms with Gasteiger partial charge in [0.2, 0.25) is 0 Å². The van der Waals surface area contributed by atoms with Gasteiger partial charge in [-0.2, -0.15) is 0 Å². The van der Waals surface area contributed by atoms with Gasteiger partial charge in [0, 0.05) is 36.4 Å². The first-order valence-corrected chi connectivity index (χ1v) is 7.65. The highest BCUT2D eigenvalue weighted by Gasteiger charge is 2.29. The van der Waals surface area contributed by atoms with Crippen molar-refractivity contribution < 1.29 is 14.5 Å². The average Bonchev–Trinajstić information content (AvgIpc) is 2.87. The highest BCUT2D eigenvalue weighted by atomic mass is 16.6. The Balaban J connectivity index is 1.97. The van der Waals surface area contributed by atoms with Crippen LogP contribution in [0.1, 0.15) is 32.8 Å². The maximum Gasteiger partial charge on any atom is 0.410 e. The Kier molecular flexibility index (Phi) is 4.77. The van der Waals surface area contributed by atoms with Gasteiger partial charge in [-0.3, -0.25) is 10.1 Å². The van der Waals surface area contributed by atoms with Crippen LogP contribution in [0.25, 0.3) is 0 Å². The molecule has 0 radical (unpaired) electrons. The number of nitro groups is 1. The number of ether oxygens (including phenoxy) is 1. The van der Waals surface area contributed by atoms with Crippen LogP contribution >= 0.6 is 0 Å². The molecular weight excluding hydrogens is 298 g/mol. The fourth-order valence-electron chi connectivity index (χ4n) is 2.50. The number of anilines is 1. The van der Waals surface area contributed by atoms with Crippen LogP contribution in [0.3, 0.4) is 0 Å². The van der Waals surface area contributed by atoms with E-state index in [1.165, 1.54) is 6.07 Å². The van der Waals surface area contributed by atoms with E-state index in [-0.39, 0.29) is 22.7 Å². The van der Waals surface area contributed by atoms with Gasteiger partial charge < -0.3 is 15.0 Å². The third-order valence-electron chi connectivity index (χ3n) is 3.62. The molecule has 1 fully saturated rings. The second-order valence-corrected chi connectivity index (χ2v) is 6.81. The minimum Gasteiger partial charge on any atom is -0.444 e. The molecule has 23 heavy (non-hydrogen) atoms. The molecule has 7 nitrogen and oxygen atoms in total. The number of likely N-dealkylation sites (tertiary alicyclic amines) is 1. The van der Waals surface area contributed by atoms with Crippen molar-refractivity contribution in [3.8, 4) is 0 Å². The van der Waals surface area contributed by atoms with Crippen molar-refractivity contribution in [3.63, 3.8) is 0 Å². The largest absolute Gasteiger partial charge is 0.444 e. The van der Waals surface area contributed by atoms with E-state index in [9.17, 15) is 14.9 Å². The molecule has 0 aliphatic carbocycles. The lowest BCUT2D eigenvalue weighted by atomic mass is 10.1. The van der Waals surface area contributed by atoms with Crippen LogP contribution in [0, 0.1) is 17.0 Å². The summed E-state index contributed by atoms with van der Waals surface area (Å²) in [7, 11) is 0. The van der Waals surface area contributed by atoms with Crippen LogP contribution < -0.4 is 5.32 Å². The molecule has 1 aromatic rings. The summed E-state index contributed by atoms with van der Waals surface area (Å²) in [6.45, 7) is 8.35. The molecule has 7 heteroatoms. The average molecular weight is 321 g/mol. The second-order valence-electron chi connectivity index (χ2n) is 6.81. The third-order valence-corrected chi connectivity index (χ3v) is 3.62. The van der Waals surface area contributed by atoms with Gasteiger partial charge in [-0.15, -0.1) is 0 Å². The number of hydrogen-bond acceptors (Lipinski definition) is 5. The van der Waals surface area contributed by atoms with Crippen molar-refractivity contribution in [2.45, 2.75) is 45.8 Å². The Bertz CT molecular complexity index is 610. The number of aryl methyl sites for hydroxylation is 1. The van der Waals surface area contributed by atoms with Crippen molar-refractivity contribution in [1.29, 1.82) is 0 Å². The molecule has 0 saturated carbocycles. The summed E-state index contributed by atoms with van der Waals surface area (Å²) in [5, 5.41) is 14.3. The van der Waals surface area contributed by atoms with Crippen LogP contribution in [-0.2, 0) is 4.74 Å². The number of carbonyl (C=O) groups excluding carboxylic acids is 1. The van der Waals surface area contributed by atoms with Gasteiger partial charge in [0.25, 0.3) is 5.69 Å². The molecule has 1 saturated heterocycles. The molecule has 1 aromatic carbocycles. The molecule has 1 amide bonds. The number of hydrogen-bond donors (Lipinski definition) is 1. The minimum atomic E-state index is -0.514. The summed E-state index contributed by atoms with van der Waals surface area (Å²) >= 11 is 0. The van der Waals surface area contributed by atoms with E-state index in [1.807, 2.05) is 26.8 Å². The van der Waals surface area contributed by atoms with Crippen LogP contribution in [-0.4, -0.2) is 40.6 Å². The van der Waals surface area contributed by atoms with Crippen LogP contribution in [0.5, 0.6) is 0 Å². The molecule has 1 N–H and O–H groups in total. The molecule has 0 aromatic heterocycles. The van der Waals surface area contributed by atoms with Gasteiger partial charge in [0.15, 0.2) is 0 Å². The Labute approximate surface area is 135 Å². The van der Waals surface area contributed by atoms with E-state index in [0.29, 0.717) is 24.3 Å². The zero-order valence-electron chi connectivity index (χ0n) is 14.0. The summed E-state index contributed by atoms with van der Waals surface area (Å²) in [5.41, 5.74) is 0.901. The molecule has 1 atom stereocenters. The smallest absolute Gasteiger partial charge is 0.410 e. The van der Waals surface area contributed by atoms with Crippen LogP contribution in [0.15, 0.2) is 18.2 Å². The SMILES string of the molecule is Cc1ccc(NC2CCN(C(=O)OC(C)(C)C)C2)cc1[N+](=O)[O-]. The summed E-state index contributed by atoms with van der Waals surface area (Å²) in [5.74, 6) is 0. The zero-order valence-corrected chi connectivity index (χ0v) is 14.0. The fraction of sp³-hybridized carbons (Fsp3) is 0.562. The summed E-state index contributed by atoms with van der Waals surface area (Å²) in [6.07, 6.45) is 0.456. The lowest BCUT2D eigenvalue weighted by molar-refractivity contribution is -0.385. The van der Waals surface area contributed by atoms with Crippen molar-refractivity contribution in [2.75, 3.05) is 18.4 Å². The highest BCUT2D eigenvalue weighted by Crippen LogP contribution is 2.24. The van der Waals surface area contributed by atoms with E-state index in [1.54, 1.807) is 17.9 Å². The van der Waals surface area contributed by atoms with E-state index < -0.39 is 5.60 Å². The lowest BCUT2D eigenvalue weighted by Crippen LogP contribution is -2.36. The van der Waals surface area contributed by atoms with Crippen molar-refractivity contribution in [2.24, 2.45) is 0 Å². The Morgan fingerprint density at radius 3 is 2.74 bits per heavy atom.